The molecule has 0 radical (unpaired) electrons. The molecule has 2 heterocycles. The molecule has 0 spiro atoms. The molecule has 0 saturated heterocycles. The molecule has 0 aromatic carbocycles. The second-order valence-corrected chi connectivity index (χ2v) is 5.67. The van der Waals surface area contributed by atoms with Crippen molar-refractivity contribution in [1.82, 2.24) is 10.3 Å². The monoisotopic (exact) mass is 282 g/mol. The maximum absolute atomic E-state index is 5.85. The topological polar surface area (TPSA) is 34.1 Å². The lowest BCUT2D eigenvalue weighted by atomic mass is 10.4. The van der Waals surface area contributed by atoms with E-state index in [4.69, 9.17) is 16.3 Å². The second kappa shape index (κ2) is 6.73. The Balaban J connectivity index is 1.63. The van der Waals surface area contributed by atoms with Crippen LogP contribution in [0.25, 0.3) is 0 Å². The SMILES string of the molecule is Cc1ccc(OCCNCc2ccc(Cl)s2)cn1. The smallest absolute Gasteiger partial charge is 0.137 e. The van der Waals surface area contributed by atoms with Crippen molar-refractivity contribution in [3.63, 3.8) is 0 Å². The average molecular weight is 283 g/mol. The van der Waals surface area contributed by atoms with Gasteiger partial charge in [-0.2, -0.15) is 0 Å². The summed E-state index contributed by atoms with van der Waals surface area (Å²) in [5.41, 5.74) is 0.995. The lowest BCUT2D eigenvalue weighted by Crippen LogP contribution is -2.20. The Morgan fingerprint density at radius 1 is 1.33 bits per heavy atom. The normalized spacial score (nSPS) is 10.6. The van der Waals surface area contributed by atoms with Crippen molar-refractivity contribution in [2.24, 2.45) is 0 Å². The summed E-state index contributed by atoms with van der Waals surface area (Å²) in [6.45, 7) is 4.21. The number of nitrogens with one attached hydrogen (secondary N) is 1. The van der Waals surface area contributed by atoms with Gasteiger partial charge in [-0.25, -0.2) is 0 Å². The molecule has 0 unspecified atom stereocenters. The molecule has 1 N–H and O–H groups in total. The Bertz CT molecular complexity index is 484. The van der Waals surface area contributed by atoms with E-state index in [1.165, 1.54) is 4.88 Å². The summed E-state index contributed by atoms with van der Waals surface area (Å²) in [6, 6.07) is 7.82. The molecule has 2 aromatic rings. The number of ether oxygens (including phenoxy) is 1. The number of thiophene rings is 1. The van der Waals surface area contributed by atoms with Gasteiger partial charge < -0.3 is 10.1 Å². The van der Waals surface area contributed by atoms with Gasteiger partial charge in [-0.1, -0.05) is 11.6 Å². The van der Waals surface area contributed by atoms with Crippen molar-refractivity contribution in [2.45, 2.75) is 13.5 Å². The maximum atomic E-state index is 5.85. The largest absolute Gasteiger partial charge is 0.491 e. The minimum Gasteiger partial charge on any atom is -0.491 e. The van der Waals surface area contributed by atoms with Crippen molar-refractivity contribution in [2.75, 3.05) is 13.2 Å². The predicted molar refractivity (Wildman–Crippen MR) is 75.5 cm³/mol. The minimum atomic E-state index is 0.629. The first-order valence-corrected chi connectivity index (χ1v) is 6.94. The van der Waals surface area contributed by atoms with Gasteiger partial charge in [0.2, 0.25) is 0 Å². The van der Waals surface area contributed by atoms with Crippen LogP contribution >= 0.6 is 22.9 Å². The zero-order valence-electron chi connectivity index (χ0n) is 10.1. The Morgan fingerprint density at radius 3 is 2.89 bits per heavy atom. The maximum Gasteiger partial charge on any atom is 0.137 e. The first-order chi connectivity index (χ1) is 8.74. The Labute approximate surface area is 116 Å². The number of hydrogen-bond donors (Lipinski definition) is 1. The third-order valence-corrected chi connectivity index (χ3v) is 3.59. The van der Waals surface area contributed by atoms with Crippen molar-refractivity contribution < 1.29 is 4.74 Å². The fraction of sp³-hybridized carbons (Fsp3) is 0.308. The highest BCUT2D eigenvalue weighted by molar-refractivity contribution is 7.16. The summed E-state index contributed by atoms with van der Waals surface area (Å²) in [6.07, 6.45) is 1.74. The van der Waals surface area contributed by atoms with Crippen LogP contribution in [0.5, 0.6) is 5.75 Å². The molecule has 18 heavy (non-hydrogen) atoms. The molecule has 0 amide bonds. The fourth-order valence-corrected chi connectivity index (χ4v) is 2.50. The van der Waals surface area contributed by atoms with Crippen LogP contribution in [0, 0.1) is 6.92 Å². The van der Waals surface area contributed by atoms with Gasteiger partial charge in [0.15, 0.2) is 0 Å². The molecule has 3 nitrogen and oxygen atoms in total. The van der Waals surface area contributed by atoms with Crippen LogP contribution in [0.15, 0.2) is 30.5 Å². The summed E-state index contributed by atoms with van der Waals surface area (Å²) >= 11 is 7.45. The van der Waals surface area contributed by atoms with Gasteiger partial charge in [0.05, 0.1) is 10.5 Å². The first-order valence-electron chi connectivity index (χ1n) is 5.74. The van der Waals surface area contributed by atoms with E-state index in [0.29, 0.717) is 6.61 Å². The molecule has 0 fully saturated rings. The molecule has 0 aliphatic rings. The van der Waals surface area contributed by atoms with E-state index in [1.54, 1.807) is 17.5 Å². The van der Waals surface area contributed by atoms with E-state index in [2.05, 4.69) is 10.3 Å². The predicted octanol–water partition coefficient (Wildman–Crippen LogP) is 3.27. The van der Waals surface area contributed by atoms with E-state index in [-0.39, 0.29) is 0 Å². The van der Waals surface area contributed by atoms with Crippen molar-refractivity contribution in [3.8, 4) is 5.75 Å². The summed E-state index contributed by atoms with van der Waals surface area (Å²) < 4.78 is 6.38. The van der Waals surface area contributed by atoms with Gasteiger partial charge in [0.1, 0.15) is 12.4 Å². The minimum absolute atomic E-state index is 0.629. The molecule has 96 valence electrons. The highest BCUT2D eigenvalue weighted by atomic mass is 35.5. The van der Waals surface area contributed by atoms with Crippen molar-refractivity contribution >= 4 is 22.9 Å². The van der Waals surface area contributed by atoms with Crippen LogP contribution < -0.4 is 10.1 Å². The summed E-state index contributed by atoms with van der Waals surface area (Å²) in [5, 5.41) is 3.30. The van der Waals surface area contributed by atoms with Crippen LogP contribution in [-0.2, 0) is 6.54 Å². The molecular weight excluding hydrogens is 268 g/mol. The van der Waals surface area contributed by atoms with E-state index >= 15 is 0 Å². The Morgan fingerprint density at radius 2 is 2.22 bits per heavy atom. The summed E-state index contributed by atoms with van der Waals surface area (Å²) in [7, 11) is 0. The molecular formula is C13H15ClN2OS. The van der Waals surface area contributed by atoms with E-state index in [0.717, 1.165) is 28.9 Å². The molecule has 0 atom stereocenters. The van der Waals surface area contributed by atoms with E-state index < -0.39 is 0 Å². The Kier molecular flexibility index (Phi) is 4.99. The van der Waals surface area contributed by atoms with Gasteiger partial charge in [-0.15, -0.1) is 11.3 Å². The standard InChI is InChI=1S/C13H15ClN2OS/c1-10-2-3-11(8-16-10)17-7-6-15-9-12-4-5-13(14)18-12/h2-5,8,15H,6-7,9H2,1H3. The number of rotatable bonds is 6. The fourth-order valence-electron chi connectivity index (χ4n) is 1.44. The number of aryl methyl sites for hydroxylation is 1. The highest BCUT2D eigenvalue weighted by Crippen LogP contribution is 2.20. The van der Waals surface area contributed by atoms with E-state index in [9.17, 15) is 0 Å². The van der Waals surface area contributed by atoms with E-state index in [1.807, 2.05) is 31.2 Å². The highest BCUT2D eigenvalue weighted by Gasteiger charge is 1.97. The summed E-state index contributed by atoms with van der Waals surface area (Å²) in [5.74, 6) is 0.807. The van der Waals surface area contributed by atoms with Crippen LogP contribution in [0.4, 0.5) is 0 Å². The number of hydrogen-bond acceptors (Lipinski definition) is 4. The van der Waals surface area contributed by atoms with Gasteiger partial charge in [0, 0.05) is 23.7 Å². The molecule has 5 heteroatoms. The Hall–Kier alpha value is -1.10. The van der Waals surface area contributed by atoms with Crippen molar-refractivity contribution in [1.29, 1.82) is 0 Å². The molecule has 0 aliphatic heterocycles. The van der Waals surface area contributed by atoms with Crippen LogP contribution in [0.1, 0.15) is 10.6 Å². The molecule has 0 saturated carbocycles. The molecule has 2 rings (SSSR count). The van der Waals surface area contributed by atoms with Crippen molar-refractivity contribution in [3.05, 3.63) is 45.4 Å². The second-order valence-electron chi connectivity index (χ2n) is 3.87. The molecule has 2 aromatic heterocycles. The zero-order valence-corrected chi connectivity index (χ0v) is 11.7. The lowest BCUT2D eigenvalue weighted by molar-refractivity contribution is 0.312. The number of aromatic nitrogens is 1. The average Bonchev–Trinajstić information content (AvgIpc) is 2.77. The molecule has 0 aliphatic carbocycles. The zero-order chi connectivity index (χ0) is 12.8. The van der Waals surface area contributed by atoms with Gasteiger partial charge in [0.25, 0.3) is 0 Å². The van der Waals surface area contributed by atoms with Crippen LogP contribution in [0.3, 0.4) is 0 Å². The van der Waals surface area contributed by atoms with Crippen LogP contribution in [0.2, 0.25) is 4.34 Å². The third kappa shape index (κ3) is 4.29. The lowest BCUT2D eigenvalue weighted by Gasteiger charge is -2.06. The number of pyridine rings is 1. The van der Waals surface area contributed by atoms with Crippen LogP contribution in [-0.4, -0.2) is 18.1 Å². The number of nitrogens with zero attached hydrogens (tertiary/aromatic N) is 1. The summed E-state index contributed by atoms with van der Waals surface area (Å²) in [4.78, 5) is 5.40. The first kappa shape index (κ1) is 13.3. The number of halogens is 1. The third-order valence-electron chi connectivity index (χ3n) is 2.36. The van der Waals surface area contributed by atoms with Gasteiger partial charge in [-0.05, 0) is 31.2 Å². The van der Waals surface area contributed by atoms with Gasteiger partial charge in [-0.3, -0.25) is 4.98 Å². The molecule has 0 bridgehead atoms. The van der Waals surface area contributed by atoms with Gasteiger partial charge >= 0.3 is 0 Å². The quantitative estimate of drug-likeness (QED) is 0.826.